The Bertz CT molecular complexity index is 1100. The Hall–Kier alpha value is -2.67. The maximum atomic E-state index is 13.0. The number of carbonyl (C=O) groups excluding carboxylic acids is 1. The fourth-order valence-electron chi connectivity index (χ4n) is 4.86. The fourth-order valence-corrected chi connectivity index (χ4v) is 4.86. The monoisotopic (exact) mass is 423 g/mol. The van der Waals surface area contributed by atoms with Gasteiger partial charge >= 0.3 is 0 Å². The van der Waals surface area contributed by atoms with Crippen LogP contribution in [-0.2, 0) is 11.3 Å². The molecule has 0 radical (unpaired) electrons. The predicted molar refractivity (Wildman–Crippen MR) is 123 cm³/mol. The normalized spacial score (nSPS) is 16.2. The summed E-state index contributed by atoms with van der Waals surface area (Å²) in [5.74, 6) is -0.155. The van der Waals surface area contributed by atoms with Crippen LogP contribution in [0.5, 0.6) is 0 Å². The molecule has 0 aliphatic heterocycles. The van der Waals surface area contributed by atoms with E-state index < -0.39 is 0 Å². The molecule has 1 N–H and O–H groups in total. The Balaban J connectivity index is 1.45. The van der Waals surface area contributed by atoms with Gasteiger partial charge in [-0.25, -0.2) is 4.98 Å². The van der Waals surface area contributed by atoms with Crippen LogP contribution in [0.1, 0.15) is 52.4 Å². The van der Waals surface area contributed by atoms with Crippen LogP contribution in [-0.4, -0.2) is 49.9 Å². The summed E-state index contributed by atoms with van der Waals surface area (Å²) in [6.45, 7) is 5.91. The lowest BCUT2D eigenvalue weighted by molar-refractivity contribution is -0.121. The molecule has 1 aliphatic rings. The number of nitrogens with zero attached hydrogens (tertiary/aromatic N) is 4. The predicted octanol–water partition coefficient (Wildman–Crippen LogP) is 3.20. The summed E-state index contributed by atoms with van der Waals surface area (Å²) >= 11 is 0. The number of hydrogen-bond acceptors (Lipinski definition) is 4. The van der Waals surface area contributed by atoms with Gasteiger partial charge in [0.2, 0.25) is 5.91 Å². The van der Waals surface area contributed by atoms with Crippen molar-refractivity contribution < 1.29 is 4.79 Å². The molecule has 1 atom stereocenters. The lowest BCUT2D eigenvalue weighted by atomic mass is 9.93. The van der Waals surface area contributed by atoms with Crippen molar-refractivity contribution in [2.75, 3.05) is 13.1 Å². The third kappa shape index (κ3) is 4.51. The highest BCUT2D eigenvalue weighted by atomic mass is 16.2. The van der Waals surface area contributed by atoms with Gasteiger partial charge in [0.1, 0.15) is 12.1 Å². The van der Waals surface area contributed by atoms with E-state index in [1.54, 1.807) is 12.3 Å². The summed E-state index contributed by atoms with van der Waals surface area (Å²) in [4.78, 5) is 32.7. The molecule has 0 saturated heterocycles. The second-order valence-electron chi connectivity index (χ2n) is 8.64. The molecular formula is C24H33N5O2. The first kappa shape index (κ1) is 21.6. The summed E-state index contributed by atoms with van der Waals surface area (Å²) in [7, 11) is 0. The lowest BCUT2D eigenvalue weighted by Gasteiger charge is -2.38. The van der Waals surface area contributed by atoms with E-state index in [2.05, 4.69) is 29.0 Å². The Morgan fingerprint density at radius 1 is 1.23 bits per heavy atom. The van der Waals surface area contributed by atoms with Crippen LogP contribution in [0.3, 0.4) is 0 Å². The lowest BCUT2D eigenvalue weighted by Crippen LogP contribution is -2.47. The second-order valence-corrected chi connectivity index (χ2v) is 8.64. The minimum absolute atomic E-state index is 0.0270. The number of fused-ring (bicyclic) bond motifs is 3. The molecule has 3 aromatic heterocycles. The average molecular weight is 424 g/mol. The molecule has 1 amide bonds. The van der Waals surface area contributed by atoms with Gasteiger partial charge < -0.3 is 9.72 Å². The topological polar surface area (TPSA) is 71.6 Å². The quantitative estimate of drug-likeness (QED) is 0.604. The van der Waals surface area contributed by atoms with E-state index in [-0.39, 0.29) is 18.0 Å². The van der Waals surface area contributed by atoms with Crippen molar-refractivity contribution in [1.29, 1.82) is 0 Å². The van der Waals surface area contributed by atoms with E-state index in [1.165, 1.54) is 36.7 Å². The van der Waals surface area contributed by atoms with Crippen molar-refractivity contribution in [2.45, 2.75) is 71.0 Å². The standard InChI is InChI=1S/C24H33N5O2/c1-3-18(2)27(19-9-5-4-6-10-19)16-14-25-22(30)17-29-23-20(11-7-13-26-23)28-15-8-12-21(28)24(29)31/h7-8,11-13,15,18-19H,3-6,9-10,14,16-17H2,1-2H3,(H,25,30)/t18-/m1/s1. The Labute approximate surface area is 183 Å². The molecule has 1 fully saturated rings. The Morgan fingerprint density at radius 3 is 2.77 bits per heavy atom. The van der Waals surface area contributed by atoms with Crippen LogP contribution in [0.15, 0.2) is 41.5 Å². The van der Waals surface area contributed by atoms with Crippen LogP contribution in [0.25, 0.3) is 16.7 Å². The molecule has 31 heavy (non-hydrogen) atoms. The summed E-state index contributed by atoms with van der Waals surface area (Å²) < 4.78 is 3.31. The highest BCUT2D eigenvalue weighted by Gasteiger charge is 2.24. The van der Waals surface area contributed by atoms with Crippen molar-refractivity contribution in [3.8, 4) is 0 Å². The van der Waals surface area contributed by atoms with Gasteiger partial charge in [-0.1, -0.05) is 26.2 Å². The van der Waals surface area contributed by atoms with Crippen molar-refractivity contribution in [3.63, 3.8) is 0 Å². The molecule has 4 rings (SSSR count). The smallest absolute Gasteiger partial charge is 0.276 e. The van der Waals surface area contributed by atoms with E-state index in [9.17, 15) is 9.59 Å². The maximum Gasteiger partial charge on any atom is 0.276 e. The Morgan fingerprint density at radius 2 is 2.00 bits per heavy atom. The molecule has 0 aromatic carbocycles. The van der Waals surface area contributed by atoms with Gasteiger partial charge in [0, 0.05) is 37.6 Å². The van der Waals surface area contributed by atoms with Gasteiger partial charge in [0.15, 0.2) is 5.65 Å². The molecule has 1 aliphatic carbocycles. The molecule has 3 heterocycles. The molecule has 7 heteroatoms. The highest BCUT2D eigenvalue weighted by Crippen LogP contribution is 2.24. The number of aromatic nitrogens is 3. The minimum atomic E-state index is -0.199. The van der Waals surface area contributed by atoms with E-state index in [0.29, 0.717) is 29.8 Å². The molecule has 0 unspecified atom stereocenters. The van der Waals surface area contributed by atoms with E-state index >= 15 is 0 Å². The van der Waals surface area contributed by atoms with Crippen LogP contribution >= 0.6 is 0 Å². The van der Waals surface area contributed by atoms with Gasteiger partial charge in [0.25, 0.3) is 5.56 Å². The second kappa shape index (κ2) is 9.64. The van der Waals surface area contributed by atoms with Crippen LogP contribution in [0.4, 0.5) is 0 Å². The van der Waals surface area contributed by atoms with Crippen molar-refractivity contribution in [2.24, 2.45) is 0 Å². The van der Waals surface area contributed by atoms with Gasteiger partial charge in [-0.05, 0) is 50.5 Å². The first-order chi connectivity index (χ1) is 15.1. The van der Waals surface area contributed by atoms with E-state index in [1.807, 2.05) is 28.8 Å². The first-order valence-electron chi connectivity index (χ1n) is 11.6. The number of hydrogen-bond donors (Lipinski definition) is 1. The van der Waals surface area contributed by atoms with Crippen LogP contribution < -0.4 is 10.9 Å². The zero-order valence-electron chi connectivity index (χ0n) is 18.6. The number of nitrogens with one attached hydrogen (secondary N) is 1. The SMILES string of the molecule is CC[C@@H](C)N(CCNC(=O)Cn1c(=O)c2cccn2c2cccnc21)C1CCCCC1. The number of rotatable bonds is 8. The molecule has 166 valence electrons. The molecule has 7 nitrogen and oxygen atoms in total. The molecule has 0 bridgehead atoms. The molecular weight excluding hydrogens is 390 g/mol. The van der Waals surface area contributed by atoms with Crippen LogP contribution in [0.2, 0.25) is 0 Å². The van der Waals surface area contributed by atoms with Gasteiger partial charge in [-0.2, -0.15) is 0 Å². The summed E-state index contributed by atoms with van der Waals surface area (Å²) in [5.41, 5.74) is 1.69. The van der Waals surface area contributed by atoms with Crippen molar-refractivity contribution in [3.05, 3.63) is 47.0 Å². The maximum absolute atomic E-state index is 13.0. The fraction of sp³-hybridized carbons (Fsp3) is 0.542. The van der Waals surface area contributed by atoms with Crippen LogP contribution in [0, 0.1) is 0 Å². The number of pyridine rings is 1. The van der Waals surface area contributed by atoms with E-state index in [0.717, 1.165) is 18.5 Å². The first-order valence-corrected chi connectivity index (χ1v) is 11.6. The Kier molecular flexibility index (Phi) is 6.70. The minimum Gasteiger partial charge on any atom is -0.353 e. The van der Waals surface area contributed by atoms with Crippen molar-refractivity contribution in [1.82, 2.24) is 24.2 Å². The summed E-state index contributed by atoms with van der Waals surface area (Å²) in [5, 5.41) is 3.04. The third-order valence-corrected chi connectivity index (χ3v) is 6.69. The number of amides is 1. The largest absolute Gasteiger partial charge is 0.353 e. The molecule has 1 saturated carbocycles. The zero-order valence-corrected chi connectivity index (χ0v) is 18.6. The van der Waals surface area contributed by atoms with E-state index in [4.69, 9.17) is 0 Å². The van der Waals surface area contributed by atoms with Gasteiger partial charge in [-0.15, -0.1) is 0 Å². The van der Waals surface area contributed by atoms with Crippen molar-refractivity contribution >= 4 is 22.6 Å². The molecule has 3 aromatic rings. The molecule has 0 spiro atoms. The summed E-state index contributed by atoms with van der Waals surface area (Å²) in [6, 6.07) is 8.49. The van der Waals surface area contributed by atoms with Gasteiger partial charge in [0.05, 0.1) is 5.52 Å². The summed E-state index contributed by atoms with van der Waals surface area (Å²) in [6.07, 6.45) is 11.1. The average Bonchev–Trinajstić information content (AvgIpc) is 3.30. The third-order valence-electron chi connectivity index (χ3n) is 6.69. The number of carbonyl (C=O) groups is 1. The highest BCUT2D eigenvalue weighted by molar-refractivity contribution is 5.80. The zero-order chi connectivity index (χ0) is 21.8. The van der Waals surface area contributed by atoms with Gasteiger partial charge in [-0.3, -0.25) is 19.1 Å².